The van der Waals surface area contributed by atoms with Gasteiger partial charge in [-0.3, -0.25) is 9.59 Å². The van der Waals surface area contributed by atoms with E-state index >= 15 is 0 Å². The lowest BCUT2D eigenvalue weighted by Gasteiger charge is -2.21. The minimum Gasteiger partial charge on any atom is -0.347 e. The second-order valence-corrected chi connectivity index (χ2v) is 3.98. The Morgan fingerprint density at radius 2 is 2.27 bits per heavy atom. The standard InChI is InChI=1S/C10H19N3O2/c1-8(14)12-6-10(15)13(2)7-9-4-3-5-11-9/h9,11H,3-7H2,1-2H3,(H,12,14). The van der Waals surface area contributed by atoms with Crippen molar-refractivity contribution >= 4 is 11.8 Å². The summed E-state index contributed by atoms with van der Waals surface area (Å²) in [7, 11) is 1.77. The Hall–Kier alpha value is -1.10. The molecule has 0 aromatic heterocycles. The summed E-state index contributed by atoms with van der Waals surface area (Å²) in [4.78, 5) is 23.8. The normalized spacial score (nSPS) is 20.0. The Morgan fingerprint density at radius 3 is 2.80 bits per heavy atom. The minimum atomic E-state index is -0.171. The average molecular weight is 213 g/mol. The summed E-state index contributed by atoms with van der Waals surface area (Å²) in [6.45, 7) is 3.27. The van der Waals surface area contributed by atoms with E-state index in [4.69, 9.17) is 0 Å². The maximum atomic E-state index is 11.5. The number of carbonyl (C=O) groups is 2. The number of hydrogen-bond donors (Lipinski definition) is 2. The Bertz CT molecular complexity index is 237. The van der Waals surface area contributed by atoms with Crippen LogP contribution in [0.2, 0.25) is 0 Å². The van der Waals surface area contributed by atoms with Crippen molar-refractivity contribution in [1.82, 2.24) is 15.5 Å². The highest BCUT2D eigenvalue weighted by molar-refractivity contribution is 5.83. The van der Waals surface area contributed by atoms with Crippen LogP contribution in [0.4, 0.5) is 0 Å². The van der Waals surface area contributed by atoms with E-state index in [1.54, 1.807) is 11.9 Å². The van der Waals surface area contributed by atoms with Crippen molar-refractivity contribution in [2.75, 3.05) is 26.7 Å². The third-order valence-electron chi connectivity index (χ3n) is 2.57. The van der Waals surface area contributed by atoms with Gasteiger partial charge in [-0.25, -0.2) is 0 Å². The van der Waals surface area contributed by atoms with Crippen LogP contribution in [0.1, 0.15) is 19.8 Å². The molecule has 1 rings (SSSR count). The van der Waals surface area contributed by atoms with Crippen molar-refractivity contribution in [2.45, 2.75) is 25.8 Å². The van der Waals surface area contributed by atoms with Crippen LogP contribution < -0.4 is 10.6 Å². The summed E-state index contributed by atoms with van der Waals surface area (Å²) in [6.07, 6.45) is 2.30. The molecule has 0 aromatic rings. The van der Waals surface area contributed by atoms with Crippen LogP contribution in [0.3, 0.4) is 0 Å². The van der Waals surface area contributed by atoms with Crippen LogP contribution in [0.5, 0.6) is 0 Å². The molecule has 1 heterocycles. The zero-order valence-corrected chi connectivity index (χ0v) is 9.38. The van der Waals surface area contributed by atoms with Crippen LogP contribution >= 0.6 is 0 Å². The van der Waals surface area contributed by atoms with Gasteiger partial charge in [0, 0.05) is 26.6 Å². The third-order valence-corrected chi connectivity index (χ3v) is 2.57. The van der Waals surface area contributed by atoms with E-state index in [1.807, 2.05) is 0 Å². The fourth-order valence-corrected chi connectivity index (χ4v) is 1.68. The molecule has 0 aliphatic carbocycles. The lowest BCUT2D eigenvalue weighted by Crippen LogP contribution is -2.43. The molecule has 0 aromatic carbocycles. The summed E-state index contributed by atoms with van der Waals surface area (Å²) in [6, 6.07) is 0.413. The molecule has 86 valence electrons. The molecule has 0 spiro atoms. The Kier molecular flexibility index (Phi) is 4.55. The topological polar surface area (TPSA) is 61.4 Å². The van der Waals surface area contributed by atoms with E-state index in [2.05, 4.69) is 10.6 Å². The quantitative estimate of drug-likeness (QED) is 0.651. The molecule has 15 heavy (non-hydrogen) atoms. The fourth-order valence-electron chi connectivity index (χ4n) is 1.68. The van der Waals surface area contributed by atoms with Crippen LogP contribution in [0.25, 0.3) is 0 Å². The molecule has 0 radical (unpaired) electrons. The Labute approximate surface area is 90.2 Å². The molecule has 1 aliphatic heterocycles. The second-order valence-electron chi connectivity index (χ2n) is 3.98. The number of nitrogens with zero attached hydrogens (tertiary/aromatic N) is 1. The molecule has 1 fully saturated rings. The maximum Gasteiger partial charge on any atom is 0.241 e. The number of carbonyl (C=O) groups excluding carboxylic acids is 2. The molecule has 1 unspecified atom stereocenters. The third kappa shape index (κ3) is 4.29. The van der Waals surface area contributed by atoms with Gasteiger partial charge in [0.05, 0.1) is 6.54 Å². The second kappa shape index (κ2) is 5.70. The van der Waals surface area contributed by atoms with Crippen LogP contribution in [0.15, 0.2) is 0 Å². The first kappa shape index (κ1) is 12.0. The van der Waals surface area contributed by atoms with E-state index < -0.39 is 0 Å². The van der Waals surface area contributed by atoms with Gasteiger partial charge in [-0.15, -0.1) is 0 Å². The lowest BCUT2D eigenvalue weighted by molar-refractivity contribution is -0.131. The summed E-state index contributed by atoms with van der Waals surface area (Å²) < 4.78 is 0. The van der Waals surface area contributed by atoms with E-state index in [1.165, 1.54) is 13.3 Å². The van der Waals surface area contributed by atoms with Gasteiger partial charge < -0.3 is 15.5 Å². The zero-order chi connectivity index (χ0) is 11.3. The highest BCUT2D eigenvalue weighted by Gasteiger charge is 2.18. The van der Waals surface area contributed by atoms with Crippen molar-refractivity contribution in [2.24, 2.45) is 0 Å². The van der Waals surface area contributed by atoms with Crippen molar-refractivity contribution in [3.05, 3.63) is 0 Å². The molecule has 1 atom stereocenters. The predicted molar refractivity (Wildman–Crippen MR) is 57.3 cm³/mol. The Morgan fingerprint density at radius 1 is 1.53 bits per heavy atom. The van der Waals surface area contributed by atoms with Crippen molar-refractivity contribution < 1.29 is 9.59 Å². The number of nitrogens with one attached hydrogen (secondary N) is 2. The zero-order valence-electron chi connectivity index (χ0n) is 9.38. The van der Waals surface area contributed by atoms with Gasteiger partial charge in [0.15, 0.2) is 0 Å². The van der Waals surface area contributed by atoms with Gasteiger partial charge in [0.2, 0.25) is 11.8 Å². The number of hydrogen-bond acceptors (Lipinski definition) is 3. The first-order chi connectivity index (χ1) is 7.09. The van der Waals surface area contributed by atoms with E-state index in [0.29, 0.717) is 6.04 Å². The molecule has 0 saturated carbocycles. The monoisotopic (exact) mass is 213 g/mol. The van der Waals surface area contributed by atoms with Gasteiger partial charge in [-0.1, -0.05) is 0 Å². The van der Waals surface area contributed by atoms with Gasteiger partial charge in [0.25, 0.3) is 0 Å². The summed E-state index contributed by atoms with van der Waals surface area (Å²) in [5, 5.41) is 5.83. The maximum absolute atomic E-state index is 11.5. The summed E-state index contributed by atoms with van der Waals surface area (Å²) >= 11 is 0. The molecule has 1 aliphatic rings. The van der Waals surface area contributed by atoms with Gasteiger partial charge in [-0.05, 0) is 19.4 Å². The molecule has 0 bridgehead atoms. The summed E-state index contributed by atoms with van der Waals surface area (Å²) in [5.41, 5.74) is 0. The molecular formula is C10H19N3O2. The van der Waals surface area contributed by atoms with E-state index in [-0.39, 0.29) is 18.4 Å². The number of likely N-dealkylation sites (N-methyl/N-ethyl adjacent to an activating group) is 1. The van der Waals surface area contributed by atoms with Gasteiger partial charge in [-0.2, -0.15) is 0 Å². The molecule has 1 saturated heterocycles. The fraction of sp³-hybridized carbons (Fsp3) is 0.800. The van der Waals surface area contributed by atoms with Crippen molar-refractivity contribution in [1.29, 1.82) is 0 Å². The molecule has 2 amide bonds. The SMILES string of the molecule is CC(=O)NCC(=O)N(C)CC1CCCN1. The highest BCUT2D eigenvalue weighted by atomic mass is 16.2. The first-order valence-electron chi connectivity index (χ1n) is 5.31. The minimum absolute atomic E-state index is 0.0427. The molecule has 2 N–H and O–H groups in total. The largest absolute Gasteiger partial charge is 0.347 e. The van der Waals surface area contributed by atoms with E-state index in [9.17, 15) is 9.59 Å². The van der Waals surface area contributed by atoms with Crippen molar-refractivity contribution in [3.63, 3.8) is 0 Å². The van der Waals surface area contributed by atoms with Gasteiger partial charge in [0.1, 0.15) is 0 Å². The number of rotatable bonds is 4. The average Bonchev–Trinajstić information content (AvgIpc) is 2.66. The lowest BCUT2D eigenvalue weighted by atomic mass is 10.2. The predicted octanol–water partition coefficient (Wildman–Crippen LogP) is -0.667. The van der Waals surface area contributed by atoms with Crippen LogP contribution in [-0.2, 0) is 9.59 Å². The van der Waals surface area contributed by atoms with E-state index in [0.717, 1.165) is 19.5 Å². The highest BCUT2D eigenvalue weighted by Crippen LogP contribution is 2.05. The number of amides is 2. The van der Waals surface area contributed by atoms with Crippen LogP contribution in [-0.4, -0.2) is 49.4 Å². The molecular weight excluding hydrogens is 194 g/mol. The van der Waals surface area contributed by atoms with Crippen LogP contribution in [0, 0.1) is 0 Å². The Balaban J connectivity index is 2.22. The smallest absolute Gasteiger partial charge is 0.241 e. The summed E-state index contributed by atoms with van der Waals surface area (Å²) in [5.74, 6) is -0.213. The first-order valence-corrected chi connectivity index (χ1v) is 5.31. The van der Waals surface area contributed by atoms with Gasteiger partial charge >= 0.3 is 0 Å². The van der Waals surface area contributed by atoms with Crippen molar-refractivity contribution in [3.8, 4) is 0 Å². The molecule has 5 nitrogen and oxygen atoms in total. The molecule has 5 heteroatoms.